The minimum Gasteiger partial charge on any atom is -0.487 e. The van der Waals surface area contributed by atoms with E-state index in [1.165, 1.54) is 6.07 Å². The highest BCUT2D eigenvalue weighted by Crippen LogP contribution is 2.28. The van der Waals surface area contributed by atoms with Crippen LogP contribution in [0.15, 0.2) is 22.7 Å². The number of hydrogen-bond acceptors (Lipinski definition) is 4. The summed E-state index contributed by atoms with van der Waals surface area (Å²) in [5.41, 5.74) is 1.93. The van der Waals surface area contributed by atoms with Crippen molar-refractivity contribution in [2.45, 2.75) is 52.2 Å². The van der Waals surface area contributed by atoms with Gasteiger partial charge in [-0.1, -0.05) is 5.16 Å². The van der Waals surface area contributed by atoms with Gasteiger partial charge in [0.1, 0.15) is 5.76 Å². The average molecular weight is 347 g/mol. The van der Waals surface area contributed by atoms with E-state index >= 15 is 0 Å². The lowest BCUT2D eigenvalue weighted by Crippen LogP contribution is -2.31. The fourth-order valence-electron chi connectivity index (χ4n) is 2.89. The monoisotopic (exact) mass is 347 g/mol. The van der Waals surface area contributed by atoms with E-state index in [2.05, 4.69) is 15.8 Å². The molecule has 1 saturated carbocycles. The summed E-state index contributed by atoms with van der Waals surface area (Å²) < 4.78 is 24.8. The van der Waals surface area contributed by atoms with Crippen molar-refractivity contribution in [3.63, 3.8) is 0 Å². The van der Waals surface area contributed by atoms with Gasteiger partial charge in [-0.15, -0.1) is 0 Å². The standard InChI is InChI=1S/C18H22FN3O3/c1-10(17-11(2)22-25-12(17)3)20-18(23)21-13-7-8-16(15(19)9-13)24-14-5-4-6-14/h7-10,14H,4-6H2,1-3H3,(H2,20,21,23). The van der Waals surface area contributed by atoms with Crippen LogP contribution in [0.25, 0.3) is 0 Å². The molecule has 1 aromatic carbocycles. The highest BCUT2D eigenvalue weighted by atomic mass is 19.1. The van der Waals surface area contributed by atoms with Crippen molar-refractivity contribution in [1.82, 2.24) is 10.5 Å². The Labute approximate surface area is 145 Å². The normalized spacial score (nSPS) is 15.4. The second kappa shape index (κ2) is 7.13. The first-order valence-electron chi connectivity index (χ1n) is 8.40. The maximum atomic E-state index is 14.1. The summed E-state index contributed by atoms with van der Waals surface area (Å²) in [5.74, 6) is 0.400. The smallest absolute Gasteiger partial charge is 0.319 e. The molecule has 2 N–H and O–H groups in total. The van der Waals surface area contributed by atoms with Gasteiger partial charge >= 0.3 is 6.03 Å². The average Bonchev–Trinajstić information content (AvgIpc) is 2.83. The Morgan fingerprint density at radius 1 is 1.40 bits per heavy atom. The second-order valence-corrected chi connectivity index (χ2v) is 6.37. The van der Waals surface area contributed by atoms with E-state index in [9.17, 15) is 9.18 Å². The first kappa shape index (κ1) is 17.3. The van der Waals surface area contributed by atoms with E-state index in [4.69, 9.17) is 9.26 Å². The van der Waals surface area contributed by atoms with Crippen LogP contribution in [0, 0.1) is 19.7 Å². The van der Waals surface area contributed by atoms with Crippen LogP contribution in [-0.2, 0) is 0 Å². The van der Waals surface area contributed by atoms with Crippen LogP contribution < -0.4 is 15.4 Å². The second-order valence-electron chi connectivity index (χ2n) is 6.37. The van der Waals surface area contributed by atoms with Gasteiger partial charge in [-0.25, -0.2) is 9.18 Å². The van der Waals surface area contributed by atoms with Gasteiger partial charge in [-0.2, -0.15) is 0 Å². The number of nitrogens with one attached hydrogen (secondary N) is 2. The van der Waals surface area contributed by atoms with Gasteiger partial charge in [0.2, 0.25) is 0 Å². The summed E-state index contributed by atoms with van der Waals surface area (Å²) in [7, 11) is 0. The predicted molar refractivity (Wildman–Crippen MR) is 91.2 cm³/mol. The number of aromatic nitrogens is 1. The highest BCUT2D eigenvalue weighted by molar-refractivity contribution is 5.89. The van der Waals surface area contributed by atoms with E-state index < -0.39 is 11.8 Å². The molecule has 1 atom stereocenters. The predicted octanol–water partition coefficient (Wildman–Crippen LogP) is 4.24. The Kier molecular flexibility index (Phi) is 4.92. The molecule has 134 valence electrons. The Morgan fingerprint density at radius 3 is 2.72 bits per heavy atom. The van der Waals surface area contributed by atoms with E-state index in [0.29, 0.717) is 11.4 Å². The molecule has 1 aliphatic carbocycles. The number of benzene rings is 1. The Morgan fingerprint density at radius 2 is 2.16 bits per heavy atom. The third kappa shape index (κ3) is 3.92. The number of anilines is 1. The molecule has 1 aromatic heterocycles. The Balaban J connectivity index is 1.59. The number of carbonyl (C=O) groups is 1. The van der Waals surface area contributed by atoms with Gasteiger partial charge in [0, 0.05) is 17.3 Å². The molecule has 0 saturated heterocycles. The molecule has 1 heterocycles. The summed E-state index contributed by atoms with van der Waals surface area (Å²) in [6.45, 7) is 5.45. The topological polar surface area (TPSA) is 76.4 Å². The number of carbonyl (C=O) groups excluding carboxylic acids is 1. The first-order chi connectivity index (χ1) is 11.9. The molecule has 7 heteroatoms. The lowest BCUT2D eigenvalue weighted by atomic mass is 9.96. The first-order valence-corrected chi connectivity index (χ1v) is 8.40. The van der Waals surface area contributed by atoms with Crippen LogP contribution in [0.5, 0.6) is 5.75 Å². The lowest BCUT2D eigenvalue weighted by molar-refractivity contribution is 0.115. The van der Waals surface area contributed by atoms with Gasteiger partial charge in [-0.05, 0) is 52.2 Å². The third-order valence-corrected chi connectivity index (χ3v) is 4.40. The molecule has 1 aliphatic rings. The molecule has 6 nitrogen and oxygen atoms in total. The number of aryl methyl sites for hydroxylation is 2. The van der Waals surface area contributed by atoms with Gasteiger partial charge < -0.3 is 19.9 Å². The molecule has 2 aromatic rings. The highest BCUT2D eigenvalue weighted by Gasteiger charge is 2.21. The van der Waals surface area contributed by atoms with E-state index in [-0.39, 0.29) is 17.9 Å². The van der Waals surface area contributed by atoms with Crippen molar-refractivity contribution in [2.75, 3.05) is 5.32 Å². The summed E-state index contributed by atoms with van der Waals surface area (Å²) in [4.78, 5) is 12.1. The lowest BCUT2D eigenvalue weighted by Gasteiger charge is -2.26. The number of nitrogens with zero attached hydrogens (tertiary/aromatic N) is 1. The molecule has 1 fully saturated rings. The molecule has 0 bridgehead atoms. The molecule has 0 spiro atoms. The molecule has 0 aliphatic heterocycles. The fraction of sp³-hybridized carbons (Fsp3) is 0.444. The van der Waals surface area contributed by atoms with Crippen LogP contribution in [-0.4, -0.2) is 17.3 Å². The molecule has 0 radical (unpaired) electrons. The van der Waals surface area contributed by atoms with Gasteiger partial charge in [0.15, 0.2) is 11.6 Å². The van der Waals surface area contributed by atoms with Crippen LogP contribution in [0.4, 0.5) is 14.9 Å². The van der Waals surface area contributed by atoms with E-state index in [1.54, 1.807) is 19.1 Å². The number of ether oxygens (including phenoxy) is 1. The van der Waals surface area contributed by atoms with Crippen LogP contribution in [0.1, 0.15) is 49.2 Å². The fourth-order valence-corrected chi connectivity index (χ4v) is 2.89. The maximum absolute atomic E-state index is 14.1. The number of hydrogen-bond donors (Lipinski definition) is 2. The zero-order chi connectivity index (χ0) is 18.0. The van der Waals surface area contributed by atoms with E-state index in [1.807, 2.05) is 13.8 Å². The zero-order valence-corrected chi connectivity index (χ0v) is 14.6. The van der Waals surface area contributed by atoms with E-state index in [0.717, 1.165) is 30.5 Å². The zero-order valence-electron chi connectivity index (χ0n) is 14.6. The number of urea groups is 1. The maximum Gasteiger partial charge on any atom is 0.319 e. The molecule has 1 unspecified atom stereocenters. The summed E-state index contributed by atoms with van der Waals surface area (Å²) in [6.07, 6.45) is 3.14. The van der Waals surface area contributed by atoms with Crippen molar-refractivity contribution in [3.05, 3.63) is 41.0 Å². The molecular weight excluding hydrogens is 325 g/mol. The van der Waals surface area contributed by atoms with Crippen molar-refractivity contribution in [2.24, 2.45) is 0 Å². The largest absolute Gasteiger partial charge is 0.487 e. The number of rotatable bonds is 5. The summed E-state index contributed by atoms with van der Waals surface area (Å²) >= 11 is 0. The summed E-state index contributed by atoms with van der Waals surface area (Å²) in [6, 6.07) is 3.71. The third-order valence-electron chi connectivity index (χ3n) is 4.40. The van der Waals surface area contributed by atoms with Gasteiger partial charge in [-0.3, -0.25) is 0 Å². The van der Waals surface area contributed by atoms with Gasteiger partial charge in [0.05, 0.1) is 17.8 Å². The number of halogens is 1. The quantitative estimate of drug-likeness (QED) is 0.848. The Bertz CT molecular complexity index is 751. The molecule has 25 heavy (non-hydrogen) atoms. The van der Waals surface area contributed by atoms with Crippen molar-refractivity contribution in [1.29, 1.82) is 0 Å². The molecule has 3 rings (SSSR count). The minimum absolute atomic E-state index is 0.104. The SMILES string of the molecule is Cc1noc(C)c1C(C)NC(=O)Nc1ccc(OC2CCC2)c(F)c1. The van der Waals surface area contributed by atoms with Gasteiger partial charge in [0.25, 0.3) is 0 Å². The van der Waals surface area contributed by atoms with Crippen molar-refractivity contribution >= 4 is 11.7 Å². The minimum atomic E-state index is -0.483. The Hall–Kier alpha value is -2.57. The van der Waals surface area contributed by atoms with Crippen molar-refractivity contribution in [3.8, 4) is 5.75 Å². The molecule has 2 amide bonds. The number of amides is 2. The summed E-state index contributed by atoms with van der Waals surface area (Å²) in [5, 5.41) is 9.29. The van der Waals surface area contributed by atoms with Crippen LogP contribution >= 0.6 is 0 Å². The van der Waals surface area contributed by atoms with Crippen LogP contribution in [0.3, 0.4) is 0 Å². The van der Waals surface area contributed by atoms with Crippen molar-refractivity contribution < 1.29 is 18.4 Å². The molecular formula is C18H22FN3O3. The van der Waals surface area contributed by atoms with Crippen LogP contribution in [0.2, 0.25) is 0 Å².